The Morgan fingerprint density at radius 2 is 1.89 bits per heavy atom. The van der Waals surface area contributed by atoms with Gasteiger partial charge in [-0.05, 0) is 38.5 Å². The van der Waals surface area contributed by atoms with Gasteiger partial charge in [-0.3, -0.25) is 19.3 Å². The zero-order valence-corrected chi connectivity index (χ0v) is 15.8. The molecular formula is C18H24N4O5. The molecule has 3 N–H and O–H groups in total. The largest absolute Gasteiger partial charge is 0.497 e. The van der Waals surface area contributed by atoms with Crippen LogP contribution in [0.1, 0.15) is 26.3 Å². The number of nitrogens with zero attached hydrogens (tertiary/aromatic N) is 1. The molecule has 2 atom stereocenters. The van der Waals surface area contributed by atoms with Crippen molar-refractivity contribution in [3.05, 3.63) is 29.8 Å². The van der Waals surface area contributed by atoms with Crippen LogP contribution in [-0.4, -0.2) is 54.9 Å². The van der Waals surface area contributed by atoms with Crippen LogP contribution in [0.3, 0.4) is 0 Å². The smallest absolute Gasteiger partial charge is 0.325 e. The van der Waals surface area contributed by atoms with E-state index in [-0.39, 0.29) is 5.91 Å². The van der Waals surface area contributed by atoms with Gasteiger partial charge in [0.25, 0.3) is 5.91 Å². The predicted molar refractivity (Wildman–Crippen MR) is 96.9 cm³/mol. The van der Waals surface area contributed by atoms with Crippen molar-refractivity contribution in [2.45, 2.75) is 32.4 Å². The Balaban J connectivity index is 2.08. The quantitative estimate of drug-likeness (QED) is 0.584. The second-order valence-corrected chi connectivity index (χ2v) is 6.36. The molecule has 9 heteroatoms. The molecule has 0 spiro atoms. The molecule has 0 radical (unpaired) electrons. The lowest BCUT2D eigenvalue weighted by Gasteiger charge is -2.22. The first-order chi connectivity index (χ1) is 12.7. The minimum absolute atomic E-state index is 0.342. The number of carbonyl (C=O) groups excluding carboxylic acids is 4. The van der Waals surface area contributed by atoms with Crippen LogP contribution in [0.25, 0.3) is 0 Å². The molecule has 1 heterocycles. The molecular weight excluding hydrogens is 352 g/mol. The number of methoxy groups -OCH3 is 1. The summed E-state index contributed by atoms with van der Waals surface area (Å²) in [7, 11) is 1.53. The first-order valence-electron chi connectivity index (χ1n) is 8.58. The highest BCUT2D eigenvalue weighted by molar-refractivity contribution is 6.09. The van der Waals surface area contributed by atoms with Crippen LogP contribution in [0.4, 0.5) is 4.79 Å². The molecule has 9 nitrogen and oxygen atoms in total. The molecule has 1 fully saturated rings. The molecule has 2 rings (SSSR count). The maximum Gasteiger partial charge on any atom is 0.325 e. The fraction of sp³-hybridized carbons (Fsp3) is 0.444. The van der Waals surface area contributed by atoms with Crippen molar-refractivity contribution in [1.29, 1.82) is 0 Å². The average Bonchev–Trinajstić information content (AvgIpc) is 2.86. The van der Waals surface area contributed by atoms with E-state index in [0.717, 1.165) is 4.90 Å². The van der Waals surface area contributed by atoms with Gasteiger partial charge in [-0.1, -0.05) is 12.1 Å². The van der Waals surface area contributed by atoms with Crippen molar-refractivity contribution in [1.82, 2.24) is 20.9 Å². The van der Waals surface area contributed by atoms with E-state index >= 15 is 0 Å². The van der Waals surface area contributed by atoms with Gasteiger partial charge in [0, 0.05) is 6.54 Å². The van der Waals surface area contributed by atoms with Gasteiger partial charge in [-0.2, -0.15) is 0 Å². The molecule has 0 saturated carbocycles. The second-order valence-electron chi connectivity index (χ2n) is 6.36. The van der Waals surface area contributed by atoms with Crippen molar-refractivity contribution >= 4 is 23.8 Å². The summed E-state index contributed by atoms with van der Waals surface area (Å²) in [6, 6.07) is 5.28. The minimum Gasteiger partial charge on any atom is -0.497 e. The molecule has 1 aliphatic rings. The van der Waals surface area contributed by atoms with E-state index in [1.54, 1.807) is 38.1 Å². The van der Waals surface area contributed by atoms with Crippen LogP contribution in [0.15, 0.2) is 24.3 Å². The van der Waals surface area contributed by atoms with Gasteiger partial charge in [0.2, 0.25) is 11.8 Å². The van der Waals surface area contributed by atoms with Crippen LogP contribution < -0.4 is 20.7 Å². The Morgan fingerprint density at radius 3 is 2.44 bits per heavy atom. The van der Waals surface area contributed by atoms with Crippen molar-refractivity contribution < 1.29 is 23.9 Å². The van der Waals surface area contributed by atoms with Crippen LogP contribution in [0, 0.1) is 0 Å². The Morgan fingerprint density at radius 1 is 1.26 bits per heavy atom. The fourth-order valence-corrected chi connectivity index (χ4v) is 2.78. The molecule has 1 aromatic rings. The van der Waals surface area contributed by atoms with E-state index in [9.17, 15) is 19.2 Å². The number of carbonyl (C=O) groups is 4. The number of likely N-dealkylation sites (N-methyl/N-ethyl adjacent to an activating group) is 1. The summed E-state index contributed by atoms with van der Waals surface area (Å²) in [5, 5.41) is 7.68. The number of benzene rings is 1. The fourth-order valence-electron chi connectivity index (χ4n) is 2.78. The molecule has 5 amide bonds. The van der Waals surface area contributed by atoms with Gasteiger partial charge >= 0.3 is 6.03 Å². The standard InChI is InChI=1S/C18H24N4O5/c1-5-19-15(24)11(2)20-14(23)10-22-16(25)18(3,21-17(22)26)12-6-8-13(27-4)9-7-12/h6-9,11H,5,10H2,1-4H3,(H,19,24)(H,20,23)(H,21,26)/t11-,18-/m0/s1. The number of nitrogens with one attached hydrogen (secondary N) is 3. The Kier molecular flexibility index (Phi) is 6.04. The normalized spacial score (nSPS) is 20.1. The molecule has 146 valence electrons. The summed E-state index contributed by atoms with van der Waals surface area (Å²) in [5.74, 6) is -0.865. The van der Waals surface area contributed by atoms with Crippen molar-refractivity contribution in [2.24, 2.45) is 0 Å². The van der Waals surface area contributed by atoms with Crippen LogP contribution in [0.2, 0.25) is 0 Å². The highest BCUT2D eigenvalue weighted by Crippen LogP contribution is 2.29. The number of imide groups is 1. The summed E-state index contributed by atoms with van der Waals surface area (Å²) < 4.78 is 5.09. The SMILES string of the molecule is CCNC(=O)[C@H](C)NC(=O)CN1C(=O)N[C@@](C)(c2ccc(OC)cc2)C1=O. The summed E-state index contributed by atoms with van der Waals surface area (Å²) in [5.41, 5.74) is -0.713. The zero-order chi connectivity index (χ0) is 20.2. The Bertz CT molecular complexity index is 749. The van der Waals surface area contributed by atoms with E-state index < -0.39 is 36.0 Å². The van der Waals surface area contributed by atoms with E-state index in [2.05, 4.69) is 16.0 Å². The lowest BCUT2D eigenvalue weighted by molar-refractivity contribution is -0.135. The summed E-state index contributed by atoms with van der Waals surface area (Å²) in [6.45, 7) is 4.83. The zero-order valence-electron chi connectivity index (χ0n) is 15.8. The number of ether oxygens (including phenoxy) is 1. The number of rotatable bonds is 7. The van der Waals surface area contributed by atoms with E-state index in [1.165, 1.54) is 14.0 Å². The van der Waals surface area contributed by atoms with Crippen LogP contribution in [0.5, 0.6) is 5.75 Å². The third-order valence-electron chi connectivity index (χ3n) is 4.37. The minimum atomic E-state index is -1.28. The van der Waals surface area contributed by atoms with E-state index in [1.807, 2.05) is 0 Å². The lowest BCUT2D eigenvalue weighted by Crippen LogP contribution is -2.49. The monoisotopic (exact) mass is 376 g/mol. The number of amides is 5. The molecule has 0 aliphatic carbocycles. The topological polar surface area (TPSA) is 117 Å². The number of hydrogen-bond donors (Lipinski definition) is 3. The van der Waals surface area contributed by atoms with Gasteiger partial charge in [0.15, 0.2) is 0 Å². The average molecular weight is 376 g/mol. The molecule has 0 aromatic heterocycles. The van der Waals surface area contributed by atoms with Gasteiger partial charge in [0.1, 0.15) is 23.9 Å². The summed E-state index contributed by atoms with van der Waals surface area (Å²) in [4.78, 5) is 49.8. The maximum atomic E-state index is 12.8. The van der Waals surface area contributed by atoms with Gasteiger partial charge < -0.3 is 20.7 Å². The van der Waals surface area contributed by atoms with E-state index in [4.69, 9.17) is 4.74 Å². The summed E-state index contributed by atoms with van der Waals surface area (Å²) >= 11 is 0. The van der Waals surface area contributed by atoms with Gasteiger partial charge in [0.05, 0.1) is 7.11 Å². The molecule has 1 saturated heterocycles. The molecule has 1 aromatic carbocycles. The molecule has 0 bridgehead atoms. The number of hydrogen-bond acceptors (Lipinski definition) is 5. The molecule has 0 unspecified atom stereocenters. The highest BCUT2D eigenvalue weighted by atomic mass is 16.5. The number of urea groups is 1. The van der Waals surface area contributed by atoms with Crippen molar-refractivity contribution in [3.63, 3.8) is 0 Å². The van der Waals surface area contributed by atoms with Crippen molar-refractivity contribution in [3.8, 4) is 5.75 Å². The van der Waals surface area contributed by atoms with Crippen LogP contribution >= 0.6 is 0 Å². The first-order valence-corrected chi connectivity index (χ1v) is 8.58. The van der Waals surface area contributed by atoms with Crippen LogP contribution in [-0.2, 0) is 19.9 Å². The lowest BCUT2D eigenvalue weighted by atomic mass is 9.92. The molecule has 1 aliphatic heterocycles. The van der Waals surface area contributed by atoms with Gasteiger partial charge in [-0.25, -0.2) is 4.79 Å². The maximum absolute atomic E-state index is 12.8. The summed E-state index contributed by atoms with van der Waals surface area (Å²) in [6.07, 6.45) is 0. The molecule has 27 heavy (non-hydrogen) atoms. The van der Waals surface area contributed by atoms with E-state index in [0.29, 0.717) is 17.9 Å². The first kappa shape index (κ1) is 20.2. The third-order valence-corrected chi connectivity index (χ3v) is 4.37. The van der Waals surface area contributed by atoms with Gasteiger partial charge in [-0.15, -0.1) is 0 Å². The predicted octanol–water partition coefficient (Wildman–Crippen LogP) is 0.103. The highest BCUT2D eigenvalue weighted by Gasteiger charge is 2.49. The Hall–Kier alpha value is -3.10. The second kappa shape index (κ2) is 8.07. The van der Waals surface area contributed by atoms with Crippen molar-refractivity contribution in [2.75, 3.05) is 20.2 Å². The third kappa shape index (κ3) is 4.18. The Labute approximate surface area is 157 Å².